The van der Waals surface area contributed by atoms with Gasteiger partial charge in [0.15, 0.2) is 16.8 Å². The fourth-order valence-corrected chi connectivity index (χ4v) is 1.85. The number of aliphatic hydroxyl groups excluding tert-OH is 1. The van der Waals surface area contributed by atoms with E-state index in [1.807, 2.05) is 6.07 Å². The molecule has 2 aromatic rings. The summed E-state index contributed by atoms with van der Waals surface area (Å²) in [6.45, 7) is 0.359. The molecule has 1 aromatic carbocycles. The highest BCUT2D eigenvalue weighted by Gasteiger charge is 2.08. The monoisotopic (exact) mass is 274 g/mol. The Bertz CT molecular complexity index is 828. The Morgan fingerprint density at radius 3 is 2.95 bits per heavy atom. The Balaban J connectivity index is 2.82. The highest BCUT2D eigenvalue weighted by atomic mass is 16.6. The van der Waals surface area contributed by atoms with Crippen molar-refractivity contribution in [3.63, 3.8) is 0 Å². The van der Waals surface area contributed by atoms with E-state index in [-0.39, 0.29) is 16.1 Å². The lowest BCUT2D eigenvalue weighted by Gasteiger charge is -2.04. The Kier molecular flexibility index (Phi) is 3.74. The molecule has 0 atom stereocenters. The van der Waals surface area contributed by atoms with E-state index in [0.717, 1.165) is 5.56 Å². The van der Waals surface area contributed by atoms with Crippen LogP contribution in [0.2, 0.25) is 0 Å². The molecule has 2 rings (SSSR count). The Hall–Kier alpha value is -2.76. The van der Waals surface area contributed by atoms with Gasteiger partial charge in [-0.2, -0.15) is 0 Å². The summed E-state index contributed by atoms with van der Waals surface area (Å²) >= 11 is 0. The molecule has 0 saturated heterocycles. The summed E-state index contributed by atoms with van der Waals surface area (Å²) in [6, 6.07) is 7.16. The first-order valence-corrected chi connectivity index (χ1v) is 5.79. The van der Waals surface area contributed by atoms with Gasteiger partial charge < -0.3 is 15.6 Å². The fourth-order valence-electron chi connectivity index (χ4n) is 1.85. The van der Waals surface area contributed by atoms with Crippen LogP contribution in [0.1, 0.15) is 5.56 Å². The fraction of sp³-hybridized carbons (Fsp3) is 0.154. The molecule has 1 heterocycles. The van der Waals surface area contributed by atoms with E-state index in [1.165, 1.54) is 11.8 Å². The van der Waals surface area contributed by atoms with E-state index in [9.17, 15) is 9.90 Å². The number of aliphatic hydroxyl groups is 1. The number of nitrogens with zero attached hydrogens (tertiary/aromatic N) is 1. The second kappa shape index (κ2) is 5.48. The second-order valence-electron chi connectivity index (χ2n) is 4.03. The Morgan fingerprint density at radius 1 is 1.60 bits per heavy atom. The predicted octanol–water partition coefficient (Wildman–Crippen LogP) is -1.48. The van der Waals surface area contributed by atoms with Crippen molar-refractivity contribution in [3.05, 3.63) is 45.9 Å². The van der Waals surface area contributed by atoms with Crippen molar-refractivity contribution in [2.45, 2.75) is 6.54 Å². The van der Waals surface area contributed by atoms with Crippen LogP contribution in [0.4, 0.5) is 0 Å². The molecule has 104 valence electrons. The van der Waals surface area contributed by atoms with Gasteiger partial charge in [0.1, 0.15) is 5.22 Å². The van der Waals surface area contributed by atoms with Crippen LogP contribution in [0.3, 0.4) is 0 Å². The first-order valence-electron chi connectivity index (χ1n) is 5.79. The zero-order valence-corrected chi connectivity index (χ0v) is 10.8. The summed E-state index contributed by atoms with van der Waals surface area (Å²) in [5.41, 5.74) is 6.95. The van der Waals surface area contributed by atoms with Crippen LogP contribution < -0.4 is 21.8 Å². The number of rotatable bonds is 3. The maximum Gasteiger partial charge on any atom is 0.290 e. The van der Waals surface area contributed by atoms with Crippen LogP contribution in [0.25, 0.3) is 11.6 Å². The third-order valence-electron chi connectivity index (χ3n) is 2.85. The Labute approximate surface area is 113 Å². The number of nitrogens with two attached hydrogens (primary N) is 1. The van der Waals surface area contributed by atoms with Crippen molar-refractivity contribution in [1.82, 2.24) is 9.78 Å². The smallest absolute Gasteiger partial charge is 0.290 e. The summed E-state index contributed by atoms with van der Waals surface area (Å²) in [7, 11) is 1.25. The van der Waals surface area contributed by atoms with E-state index >= 15 is 0 Å². The van der Waals surface area contributed by atoms with Gasteiger partial charge in [-0.05, 0) is 17.7 Å². The summed E-state index contributed by atoms with van der Waals surface area (Å²) in [6.07, 6.45) is 0. The zero-order chi connectivity index (χ0) is 14.7. The number of hydrogen-bond donors (Lipinski definition) is 4. The minimum Gasteiger partial charge on any atom is -0.480 e. The minimum atomic E-state index is -0.515. The summed E-state index contributed by atoms with van der Waals surface area (Å²) < 4.78 is 6.01. The van der Waals surface area contributed by atoms with Crippen molar-refractivity contribution in [3.8, 4) is 5.69 Å². The lowest BCUT2D eigenvalue weighted by Crippen LogP contribution is -2.38. The van der Waals surface area contributed by atoms with Crippen LogP contribution >= 0.6 is 0 Å². The lowest BCUT2D eigenvalue weighted by molar-refractivity contribution is 0.231. The first kappa shape index (κ1) is 13.7. The minimum absolute atomic E-state index is 0.0411. The van der Waals surface area contributed by atoms with Crippen molar-refractivity contribution in [1.29, 1.82) is 5.41 Å². The van der Waals surface area contributed by atoms with Gasteiger partial charge >= 0.3 is 0 Å². The second-order valence-corrected chi connectivity index (χ2v) is 4.03. The molecule has 0 radical (unpaired) electrons. The molecule has 0 fully saturated rings. The largest absolute Gasteiger partial charge is 0.480 e. The van der Waals surface area contributed by atoms with Gasteiger partial charge in [-0.3, -0.25) is 10.5 Å². The predicted molar refractivity (Wildman–Crippen MR) is 71.0 cm³/mol. The summed E-state index contributed by atoms with van der Waals surface area (Å²) in [5.74, 6) is 1.12. The number of hydrogen-bond acceptors (Lipinski definition) is 5. The summed E-state index contributed by atoms with van der Waals surface area (Å²) in [4.78, 5) is 10.9. The van der Waals surface area contributed by atoms with Gasteiger partial charge in [0.05, 0.1) is 12.8 Å². The van der Waals surface area contributed by atoms with Crippen LogP contribution in [0, 0.1) is 5.41 Å². The molecule has 0 aliphatic carbocycles. The quantitative estimate of drug-likeness (QED) is 0.546. The van der Waals surface area contributed by atoms with E-state index in [0.29, 0.717) is 12.2 Å². The maximum absolute atomic E-state index is 10.9. The number of benzene rings is 1. The maximum atomic E-state index is 10.9. The van der Waals surface area contributed by atoms with Gasteiger partial charge in [-0.25, -0.2) is 9.48 Å². The van der Waals surface area contributed by atoms with E-state index in [2.05, 4.69) is 9.84 Å². The lowest BCUT2D eigenvalue weighted by atomic mass is 10.2. The molecule has 0 aliphatic rings. The zero-order valence-electron chi connectivity index (χ0n) is 10.8. The van der Waals surface area contributed by atoms with E-state index < -0.39 is 5.95 Å². The number of carbonyl (C=O) groups excluding carboxylic acids is 1. The van der Waals surface area contributed by atoms with Gasteiger partial charge in [0.2, 0.25) is 0 Å². The SMILES string of the molecule is COC(O)=c1c(=C=O)[nH]n(-c2cccc(CN)c2)c1=N. The molecule has 0 spiro atoms. The van der Waals surface area contributed by atoms with Gasteiger partial charge in [0, 0.05) is 6.54 Å². The van der Waals surface area contributed by atoms with Crippen LogP contribution in [-0.2, 0) is 16.1 Å². The van der Waals surface area contributed by atoms with Crippen molar-refractivity contribution < 1.29 is 14.6 Å². The molecule has 5 N–H and O–H groups in total. The molecular formula is C13H14N4O3. The third-order valence-corrected chi connectivity index (χ3v) is 2.85. The van der Waals surface area contributed by atoms with E-state index in [4.69, 9.17) is 11.1 Å². The number of nitrogens with one attached hydrogen (secondary N) is 2. The van der Waals surface area contributed by atoms with Crippen LogP contribution in [0.15, 0.2) is 24.3 Å². The van der Waals surface area contributed by atoms with Gasteiger partial charge in [-0.1, -0.05) is 12.1 Å². The average Bonchev–Trinajstić information content (AvgIpc) is 2.83. The highest BCUT2D eigenvalue weighted by molar-refractivity contribution is 5.46. The molecule has 0 saturated carbocycles. The molecule has 0 aliphatic heterocycles. The number of H-pyrrole nitrogens is 1. The average molecular weight is 274 g/mol. The molecule has 0 bridgehead atoms. The molecule has 0 amide bonds. The Morgan fingerprint density at radius 2 is 2.35 bits per heavy atom. The standard InChI is InChI=1S/C13H14N4O3/c1-20-13(19)11-10(7-18)16-17(12(11)15)9-4-2-3-8(5-9)6-14/h2-5,15-16,19H,6,14H2,1H3. The highest BCUT2D eigenvalue weighted by Crippen LogP contribution is 2.06. The van der Waals surface area contributed by atoms with Gasteiger partial charge in [-0.15, -0.1) is 0 Å². The summed E-state index contributed by atoms with van der Waals surface area (Å²) in [5, 5.41) is 20.2. The number of aromatic nitrogens is 2. The molecule has 1 aromatic heterocycles. The van der Waals surface area contributed by atoms with Crippen molar-refractivity contribution in [2.24, 2.45) is 5.73 Å². The normalized spacial score (nSPS) is 11.9. The molecular weight excluding hydrogens is 260 g/mol. The molecule has 20 heavy (non-hydrogen) atoms. The first-order chi connectivity index (χ1) is 9.62. The number of methoxy groups -OCH3 is 1. The van der Waals surface area contributed by atoms with Crippen LogP contribution in [0.5, 0.6) is 0 Å². The van der Waals surface area contributed by atoms with Crippen LogP contribution in [-0.4, -0.2) is 27.9 Å². The van der Waals surface area contributed by atoms with Gasteiger partial charge in [0.25, 0.3) is 5.95 Å². The molecule has 7 heteroatoms. The number of ether oxygens (including phenoxy) is 1. The van der Waals surface area contributed by atoms with Crippen molar-refractivity contribution >= 4 is 11.9 Å². The molecule has 7 nitrogen and oxygen atoms in total. The topological polar surface area (TPSA) is 117 Å². The third kappa shape index (κ3) is 2.23. The molecule has 0 unspecified atom stereocenters. The number of aromatic amines is 1. The van der Waals surface area contributed by atoms with Crippen molar-refractivity contribution in [2.75, 3.05) is 7.11 Å². The van der Waals surface area contributed by atoms with E-state index in [1.54, 1.807) is 24.1 Å².